The van der Waals surface area contributed by atoms with Gasteiger partial charge in [0.2, 0.25) is 0 Å². The van der Waals surface area contributed by atoms with Gasteiger partial charge in [0.15, 0.2) is 0 Å². The number of rotatable bonds is 4. The fourth-order valence-electron chi connectivity index (χ4n) is 4.12. The molecule has 2 N–H and O–H groups in total. The molecule has 1 aliphatic carbocycles. The number of likely N-dealkylation sites (tertiary alicyclic amines) is 1. The first-order valence-electron chi connectivity index (χ1n) is 8.83. The summed E-state index contributed by atoms with van der Waals surface area (Å²) in [6.07, 6.45) is 5.99. The minimum atomic E-state index is 0.0420. The predicted octanol–water partition coefficient (Wildman–Crippen LogP) is 2.74. The van der Waals surface area contributed by atoms with Crippen LogP contribution >= 0.6 is 0 Å². The summed E-state index contributed by atoms with van der Waals surface area (Å²) in [7, 11) is 0. The monoisotopic (exact) mass is 316 g/mol. The highest BCUT2D eigenvalue weighted by molar-refractivity contribution is 5.74. The molecule has 4 nitrogen and oxygen atoms in total. The third kappa shape index (κ3) is 3.69. The molecule has 1 heterocycles. The molecule has 126 valence electrons. The third-order valence-corrected chi connectivity index (χ3v) is 5.37. The van der Waals surface area contributed by atoms with Crippen LogP contribution in [0.1, 0.15) is 43.7 Å². The van der Waals surface area contributed by atoms with Crippen LogP contribution in [0.5, 0.6) is 0 Å². The zero-order valence-electron chi connectivity index (χ0n) is 14.1. The Morgan fingerprint density at radius 1 is 1.30 bits per heavy atom. The van der Waals surface area contributed by atoms with Crippen molar-refractivity contribution in [2.24, 2.45) is 5.41 Å². The minimum absolute atomic E-state index is 0.0420. The van der Waals surface area contributed by atoms with E-state index in [4.69, 9.17) is 0 Å². The van der Waals surface area contributed by atoms with E-state index in [1.165, 1.54) is 11.1 Å². The summed E-state index contributed by atoms with van der Waals surface area (Å²) in [5.74, 6) is 0. The summed E-state index contributed by atoms with van der Waals surface area (Å²) in [6, 6.07) is 8.82. The number of piperidine rings is 1. The molecule has 1 unspecified atom stereocenters. The standard InChI is InChI=1S/C19H28N2O2/c1-19(12-15-6-2-3-7-16(15)13-19)14-20-18(23)21-10-5-4-8-17(21)9-11-22/h2-3,6-7,17,22H,4-5,8-14H2,1H3,(H,20,23). The Labute approximate surface area is 138 Å². The van der Waals surface area contributed by atoms with Gasteiger partial charge in [-0.3, -0.25) is 0 Å². The molecule has 0 spiro atoms. The largest absolute Gasteiger partial charge is 0.396 e. The van der Waals surface area contributed by atoms with Crippen molar-refractivity contribution in [3.05, 3.63) is 35.4 Å². The fraction of sp³-hybridized carbons (Fsp3) is 0.632. The van der Waals surface area contributed by atoms with Gasteiger partial charge in [-0.15, -0.1) is 0 Å². The number of aliphatic hydroxyl groups is 1. The number of amides is 2. The molecular formula is C19H28N2O2. The van der Waals surface area contributed by atoms with E-state index < -0.39 is 0 Å². The Balaban J connectivity index is 1.56. The molecule has 0 saturated carbocycles. The smallest absolute Gasteiger partial charge is 0.317 e. The number of fused-ring (bicyclic) bond motifs is 1. The summed E-state index contributed by atoms with van der Waals surface area (Å²) < 4.78 is 0. The van der Waals surface area contributed by atoms with Gasteiger partial charge in [-0.25, -0.2) is 4.79 Å². The summed E-state index contributed by atoms with van der Waals surface area (Å²) >= 11 is 0. The Morgan fingerprint density at radius 3 is 2.65 bits per heavy atom. The number of hydrogen-bond acceptors (Lipinski definition) is 2. The molecule has 3 rings (SSSR count). The van der Waals surface area contributed by atoms with E-state index in [-0.39, 0.29) is 24.1 Å². The number of hydrogen-bond donors (Lipinski definition) is 2. The van der Waals surface area contributed by atoms with E-state index in [0.717, 1.165) is 38.6 Å². The maximum atomic E-state index is 12.6. The molecule has 4 heteroatoms. The Bertz CT molecular complexity index is 531. The molecule has 2 amide bonds. The van der Waals surface area contributed by atoms with Crippen LogP contribution in [-0.4, -0.2) is 41.8 Å². The lowest BCUT2D eigenvalue weighted by Crippen LogP contribution is -2.51. The summed E-state index contributed by atoms with van der Waals surface area (Å²) in [5.41, 5.74) is 2.95. The molecule has 0 aromatic heterocycles. The first-order chi connectivity index (χ1) is 11.1. The van der Waals surface area contributed by atoms with Crippen LogP contribution in [0.4, 0.5) is 4.79 Å². The van der Waals surface area contributed by atoms with Crippen LogP contribution in [0, 0.1) is 5.41 Å². The predicted molar refractivity (Wildman–Crippen MR) is 91.4 cm³/mol. The normalized spacial score (nSPS) is 22.7. The van der Waals surface area contributed by atoms with Crippen LogP contribution < -0.4 is 5.32 Å². The number of urea groups is 1. The van der Waals surface area contributed by atoms with Crippen molar-refractivity contribution in [3.8, 4) is 0 Å². The Morgan fingerprint density at radius 2 is 2.00 bits per heavy atom. The molecule has 1 aliphatic heterocycles. The molecule has 1 atom stereocenters. The van der Waals surface area contributed by atoms with E-state index in [9.17, 15) is 9.90 Å². The van der Waals surface area contributed by atoms with Crippen molar-refractivity contribution < 1.29 is 9.90 Å². The lowest BCUT2D eigenvalue weighted by atomic mass is 9.87. The number of nitrogens with one attached hydrogen (secondary N) is 1. The second kappa shape index (κ2) is 6.91. The maximum Gasteiger partial charge on any atom is 0.317 e. The highest BCUT2D eigenvalue weighted by Gasteiger charge is 2.34. The van der Waals surface area contributed by atoms with Gasteiger partial charge in [0, 0.05) is 25.7 Å². The zero-order chi connectivity index (χ0) is 16.3. The Kier molecular flexibility index (Phi) is 4.90. The van der Waals surface area contributed by atoms with E-state index >= 15 is 0 Å². The highest BCUT2D eigenvalue weighted by Crippen LogP contribution is 2.36. The van der Waals surface area contributed by atoms with E-state index in [1.807, 2.05) is 4.90 Å². The number of benzene rings is 1. The first kappa shape index (κ1) is 16.3. The average Bonchev–Trinajstić information content (AvgIpc) is 2.90. The van der Waals surface area contributed by atoms with Gasteiger partial charge >= 0.3 is 6.03 Å². The van der Waals surface area contributed by atoms with Crippen molar-refractivity contribution in [2.45, 2.75) is 51.5 Å². The summed E-state index contributed by atoms with van der Waals surface area (Å²) in [4.78, 5) is 14.5. The summed E-state index contributed by atoms with van der Waals surface area (Å²) in [6.45, 7) is 3.94. The van der Waals surface area contributed by atoms with E-state index in [1.54, 1.807) is 0 Å². The van der Waals surface area contributed by atoms with Gasteiger partial charge in [0.05, 0.1) is 0 Å². The average molecular weight is 316 g/mol. The fourth-order valence-corrected chi connectivity index (χ4v) is 4.12. The van der Waals surface area contributed by atoms with Crippen LogP contribution in [0.25, 0.3) is 0 Å². The quantitative estimate of drug-likeness (QED) is 0.897. The molecule has 2 aliphatic rings. The van der Waals surface area contributed by atoms with Gasteiger partial charge in [-0.2, -0.15) is 0 Å². The van der Waals surface area contributed by atoms with Crippen LogP contribution in [0.15, 0.2) is 24.3 Å². The van der Waals surface area contributed by atoms with Gasteiger partial charge in [0.1, 0.15) is 0 Å². The third-order valence-electron chi connectivity index (χ3n) is 5.37. The number of carbonyl (C=O) groups is 1. The topological polar surface area (TPSA) is 52.6 Å². The molecule has 23 heavy (non-hydrogen) atoms. The number of carbonyl (C=O) groups excluding carboxylic acids is 1. The number of nitrogens with zero attached hydrogens (tertiary/aromatic N) is 1. The lowest BCUT2D eigenvalue weighted by Gasteiger charge is -2.36. The van der Waals surface area contributed by atoms with Crippen molar-refractivity contribution in [1.29, 1.82) is 0 Å². The maximum absolute atomic E-state index is 12.6. The van der Waals surface area contributed by atoms with Crippen LogP contribution in [0.3, 0.4) is 0 Å². The van der Waals surface area contributed by atoms with Gasteiger partial charge in [-0.1, -0.05) is 31.2 Å². The molecule has 1 aromatic rings. The van der Waals surface area contributed by atoms with Crippen LogP contribution in [-0.2, 0) is 12.8 Å². The second-order valence-electron chi connectivity index (χ2n) is 7.45. The van der Waals surface area contributed by atoms with Gasteiger partial charge in [-0.05, 0) is 55.1 Å². The number of aliphatic hydroxyl groups excluding tert-OH is 1. The van der Waals surface area contributed by atoms with Gasteiger partial charge < -0.3 is 15.3 Å². The molecule has 0 bridgehead atoms. The molecule has 1 saturated heterocycles. The molecule has 0 radical (unpaired) electrons. The lowest BCUT2D eigenvalue weighted by molar-refractivity contribution is 0.129. The first-order valence-corrected chi connectivity index (χ1v) is 8.83. The van der Waals surface area contributed by atoms with Crippen LogP contribution in [0.2, 0.25) is 0 Å². The van der Waals surface area contributed by atoms with Crippen molar-refractivity contribution in [2.75, 3.05) is 19.7 Å². The van der Waals surface area contributed by atoms with E-state index in [0.29, 0.717) is 13.0 Å². The zero-order valence-corrected chi connectivity index (χ0v) is 14.1. The van der Waals surface area contributed by atoms with Crippen molar-refractivity contribution in [1.82, 2.24) is 10.2 Å². The summed E-state index contributed by atoms with van der Waals surface area (Å²) in [5, 5.41) is 12.4. The molecule has 1 fully saturated rings. The minimum Gasteiger partial charge on any atom is -0.396 e. The second-order valence-corrected chi connectivity index (χ2v) is 7.45. The SMILES string of the molecule is CC1(CNC(=O)N2CCCCC2CCO)Cc2ccccc2C1. The van der Waals surface area contributed by atoms with Crippen molar-refractivity contribution >= 4 is 6.03 Å². The molecular weight excluding hydrogens is 288 g/mol. The van der Waals surface area contributed by atoms with E-state index in [2.05, 4.69) is 36.5 Å². The van der Waals surface area contributed by atoms with Gasteiger partial charge in [0.25, 0.3) is 0 Å². The Hall–Kier alpha value is -1.55. The molecule has 1 aromatic carbocycles. The van der Waals surface area contributed by atoms with Crippen molar-refractivity contribution in [3.63, 3.8) is 0 Å². The highest BCUT2D eigenvalue weighted by atomic mass is 16.3.